The highest BCUT2D eigenvalue weighted by molar-refractivity contribution is 7.94. The van der Waals surface area contributed by atoms with Crippen molar-refractivity contribution in [2.45, 2.75) is 4.21 Å². The van der Waals surface area contributed by atoms with Gasteiger partial charge < -0.3 is 0 Å². The highest BCUT2D eigenvalue weighted by Crippen LogP contribution is 2.31. The molecular formula is C18H13N3O2S2. The third-order valence-corrected chi connectivity index (χ3v) is 6.61. The second-order valence-corrected chi connectivity index (χ2v) is 8.31. The van der Waals surface area contributed by atoms with Gasteiger partial charge in [-0.1, -0.05) is 24.3 Å². The highest BCUT2D eigenvalue weighted by atomic mass is 32.2. The number of rotatable bonds is 4. The minimum Gasteiger partial charge on any atom is -0.277 e. The number of fused-ring (bicyclic) bond motifs is 1. The molecule has 3 heterocycles. The Morgan fingerprint density at radius 3 is 2.52 bits per heavy atom. The van der Waals surface area contributed by atoms with Gasteiger partial charge in [-0.05, 0) is 36.4 Å². The smallest absolute Gasteiger partial charge is 0.271 e. The van der Waals surface area contributed by atoms with Crippen LogP contribution in [0.3, 0.4) is 0 Å². The maximum Gasteiger partial charge on any atom is 0.271 e. The van der Waals surface area contributed by atoms with Crippen LogP contribution < -0.4 is 4.72 Å². The van der Waals surface area contributed by atoms with Gasteiger partial charge in [0, 0.05) is 17.8 Å². The first-order valence-electron chi connectivity index (χ1n) is 7.51. The van der Waals surface area contributed by atoms with E-state index in [9.17, 15) is 8.42 Å². The minimum atomic E-state index is -3.69. The molecule has 5 nitrogen and oxygen atoms in total. The van der Waals surface area contributed by atoms with Gasteiger partial charge in [0.2, 0.25) is 0 Å². The molecule has 0 atom stereocenters. The Kier molecular flexibility index (Phi) is 3.95. The average molecular weight is 367 g/mol. The topological polar surface area (TPSA) is 72.0 Å². The molecule has 0 radical (unpaired) electrons. The molecule has 0 saturated heterocycles. The van der Waals surface area contributed by atoms with E-state index < -0.39 is 10.0 Å². The SMILES string of the molecule is O=S(=O)(Nc1cccc2cccnc12)c1ccc(-c2ccccn2)s1. The number of para-hydroxylation sites is 1. The van der Waals surface area contributed by atoms with Crippen molar-refractivity contribution in [2.24, 2.45) is 0 Å². The van der Waals surface area contributed by atoms with Crippen molar-refractivity contribution >= 4 is 38.0 Å². The second kappa shape index (κ2) is 6.27. The number of hydrogen-bond acceptors (Lipinski definition) is 5. The van der Waals surface area contributed by atoms with E-state index in [-0.39, 0.29) is 4.21 Å². The second-order valence-electron chi connectivity index (χ2n) is 5.32. The molecule has 0 aliphatic heterocycles. The molecule has 1 aromatic carbocycles. The summed E-state index contributed by atoms with van der Waals surface area (Å²) in [4.78, 5) is 9.34. The van der Waals surface area contributed by atoms with Crippen molar-refractivity contribution in [3.05, 3.63) is 73.1 Å². The Labute approximate surface area is 149 Å². The molecule has 4 rings (SSSR count). The standard InChI is InChI=1S/C18H13N3O2S2/c22-25(23,17-10-9-16(24-17)14-7-1-2-11-19-14)21-15-8-3-5-13-6-4-12-20-18(13)15/h1-12,21H. The van der Waals surface area contributed by atoms with E-state index in [1.807, 2.05) is 36.4 Å². The van der Waals surface area contributed by atoms with Gasteiger partial charge in [0.25, 0.3) is 10.0 Å². The van der Waals surface area contributed by atoms with E-state index in [1.165, 1.54) is 11.3 Å². The van der Waals surface area contributed by atoms with Gasteiger partial charge >= 0.3 is 0 Å². The van der Waals surface area contributed by atoms with Crippen LogP contribution in [0.25, 0.3) is 21.5 Å². The van der Waals surface area contributed by atoms with Gasteiger partial charge in [-0.25, -0.2) is 8.42 Å². The first-order valence-corrected chi connectivity index (χ1v) is 9.81. The molecule has 0 aliphatic carbocycles. The third kappa shape index (κ3) is 3.11. The molecule has 0 unspecified atom stereocenters. The molecule has 0 aliphatic rings. The molecule has 1 N–H and O–H groups in total. The number of anilines is 1. The van der Waals surface area contributed by atoms with Crippen LogP contribution in [0.15, 0.2) is 77.3 Å². The number of nitrogens with zero attached hydrogens (tertiary/aromatic N) is 2. The number of aromatic nitrogens is 2. The van der Waals surface area contributed by atoms with Crippen molar-refractivity contribution < 1.29 is 8.42 Å². The fourth-order valence-corrected chi connectivity index (χ4v) is 4.84. The lowest BCUT2D eigenvalue weighted by Gasteiger charge is -2.08. The molecule has 124 valence electrons. The Hall–Kier alpha value is -2.77. The maximum absolute atomic E-state index is 12.7. The van der Waals surface area contributed by atoms with Crippen LogP contribution in [0.4, 0.5) is 5.69 Å². The molecular weight excluding hydrogens is 354 g/mol. The summed E-state index contributed by atoms with van der Waals surface area (Å²) in [5.74, 6) is 0. The fraction of sp³-hybridized carbons (Fsp3) is 0. The zero-order valence-electron chi connectivity index (χ0n) is 13.0. The zero-order chi connectivity index (χ0) is 17.3. The zero-order valence-corrected chi connectivity index (χ0v) is 14.6. The predicted octanol–water partition coefficient (Wildman–Crippen LogP) is 4.16. The summed E-state index contributed by atoms with van der Waals surface area (Å²) in [5, 5.41) is 0.878. The van der Waals surface area contributed by atoms with E-state index in [1.54, 1.807) is 36.7 Å². The molecule has 0 saturated carbocycles. The van der Waals surface area contributed by atoms with Crippen LogP contribution >= 0.6 is 11.3 Å². The minimum absolute atomic E-state index is 0.237. The third-order valence-electron chi connectivity index (χ3n) is 3.64. The number of hydrogen-bond donors (Lipinski definition) is 1. The predicted molar refractivity (Wildman–Crippen MR) is 100 cm³/mol. The molecule has 0 bridgehead atoms. The summed E-state index contributed by atoms with van der Waals surface area (Å²) in [6.07, 6.45) is 3.33. The van der Waals surface area contributed by atoms with Crippen molar-refractivity contribution in [3.8, 4) is 10.6 Å². The van der Waals surface area contributed by atoms with E-state index in [0.29, 0.717) is 11.2 Å². The van der Waals surface area contributed by atoms with Crippen LogP contribution in [-0.4, -0.2) is 18.4 Å². The van der Waals surface area contributed by atoms with Crippen molar-refractivity contribution in [1.82, 2.24) is 9.97 Å². The summed E-state index contributed by atoms with van der Waals surface area (Å²) in [6.45, 7) is 0. The highest BCUT2D eigenvalue weighted by Gasteiger charge is 2.19. The number of thiophene rings is 1. The maximum atomic E-state index is 12.7. The van der Waals surface area contributed by atoms with Crippen LogP contribution in [-0.2, 0) is 10.0 Å². The number of pyridine rings is 2. The van der Waals surface area contributed by atoms with E-state index >= 15 is 0 Å². The molecule has 0 fully saturated rings. The molecule has 4 aromatic rings. The molecule has 0 spiro atoms. The summed E-state index contributed by atoms with van der Waals surface area (Å²) >= 11 is 1.18. The first-order chi connectivity index (χ1) is 12.1. The van der Waals surface area contributed by atoms with Crippen LogP contribution in [0.5, 0.6) is 0 Å². The summed E-state index contributed by atoms with van der Waals surface area (Å²) in [5.41, 5.74) is 1.83. The molecule has 25 heavy (non-hydrogen) atoms. The Bertz CT molecular complexity index is 1130. The van der Waals surface area contributed by atoms with Crippen molar-refractivity contribution in [3.63, 3.8) is 0 Å². The number of nitrogens with one attached hydrogen (secondary N) is 1. The normalized spacial score (nSPS) is 11.5. The van der Waals surface area contributed by atoms with Crippen molar-refractivity contribution in [2.75, 3.05) is 4.72 Å². The Balaban J connectivity index is 1.69. The van der Waals surface area contributed by atoms with Gasteiger partial charge in [-0.2, -0.15) is 0 Å². The van der Waals surface area contributed by atoms with E-state index in [2.05, 4.69) is 14.7 Å². The van der Waals surface area contributed by atoms with Crippen LogP contribution in [0.2, 0.25) is 0 Å². The molecule has 7 heteroatoms. The fourth-order valence-electron chi connectivity index (χ4n) is 2.49. The molecule has 3 aromatic heterocycles. The quantitative estimate of drug-likeness (QED) is 0.588. The Morgan fingerprint density at radius 1 is 0.840 bits per heavy atom. The summed E-state index contributed by atoms with van der Waals surface area (Å²) < 4.78 is 28.4. The Morgan fingerprint density at radius 2 is 1.68 bits per heavy atom. The van der Waals surface area contributed by atoms with Gasteiger partial charge in [0.1, 0.15) is 4.21 Å². The number of benzene rings is 1. The summed E-state index contributed by atoms with van der Waals surface area (Å²) in [6, 6.07) is 18.0. The van der Waals surface area contributed by atoms with Crippen LogP contribution in [0.1, 0.15) is 0 Å². The largest absolute Gasteiger partial charge is 0.277 e. The van der Waals surface area contributed by atoms with Crippen LogP contribution in [0, 0.1) is 0 Å². The van der Waals surface area contributed by atoms with Crippen molar-refractivity contribution in [1.29, 1.82) is 0 Å². The lowest BCUT2D eigenvalue weighted by molar-refractivity contribution is 0.603. The van der Waals surface area contributed by atoms with Gasteiger partial charge in [-0.3, -0.25) is 14.7 Å². The van der Waals surface area contributed by atoms with Gasteiger partial charge in [0.15, 0.2) is 0 Å². The lowest BCUT2D eigenvalue weighted by atomic mass is 10.2. The first kappa shape index (κ1) is 15.7. The van der Waals surface area contributed by atoms with Gasteiger partial charge in [0.05, 0.1) is 21.8 Å². The number of sulfonamides is 1. The lowest BCUT2D eigenvalue weighted by Crippen LogP contribution is -2.11. The van der Waals surface area contributed by atoms with E-state index in [0.717, 1.165) is 16.0 Å². The van der Waals surface area contributed by atoms with Gasteiger partial charge in [-0.15, -0.1) is 11.3 Å². The molecule has 0 amide bonds. The summed E-state index contributed by atoms with van der Waals surface area (Å²) in [7, 11) is -3.69. The monoisotopic (exact) mass is 367 g/mol. The average Bonchev–Trinajstić information content (AvgIpc) is 3.14. The van der Waals surface area contributed by atoms with E-state index in [4.69, 9.17) is 0 Å².